The Bertz CT molecular complexity index is 989. The van der Waals surface area contributed by atoms with Gasteiger partial charge in [-0.05, 0) is 69.2 Å². The molecule has 1 aliphatic heterocycles. The van der Waals surface area contributed by atoms with E-state index < -0.39 is 0 Å². The number of aryl methyl sites for hydroxylation is 1. The van der Waals surface area contributed by atoms with Crippen molar-refractivity contribution in [2.24, 2.45) is 5.92 Å². The minimum absolute atomic E-state index is 0.00317. The number of nitrogens with one attached hydrogen (secondary N) is 2. The summed E-state index contributed by atoms with van der Waals surface area (Å²) in [5.41, 5.74) is 2.99. The lowest BCUT2D eigenvalue weighted by atomic mass is 9.96. The van der Waals surface area contributed by atoms with Gasteiger partial charge >= 0.3 is 0 Å². The Morgan fingerprint density at radius 3 is 2.74 bits per heavy atom. The number of aromatic nitrogens is 2. The van der Waals surface area contributed by atoms with Crippen molar-refractivity contribution in [1.82, 2.24) is 15.1 Å². The Kier molecular flexibility index (Phi) is 4.66. The van der Waals surface area contributed by atoms with Crippen LogP contribution in [0.25, 0.3) is 22.0 Å². The van der Waals surface area contributed by atoms with Crippen LogP contribution >= 0.6 is 0 Å². The lowest BCUT2D eigenvalue weighted by Crippen LogP contribution is -2.36. The van der Waals surface area contributed by atoms with Crippen molar-refractivity contribution in [3.8, 4) is 11.1 Å². The molecule has 1 fully saturated rings. The molecule has 1 amide bonds. The molecule has 27 heavy (non-hydrogen) atoms. The molecule has 1 aromatic heterocycles. The third-order valence-corrected chi connectivity index (χ3v) is 5.33. The van der Waals surface area contributed by atoms with Crippen LogP contribution in [-0.4, -0.2) is 41.1 Å². The zero-order valence-corrected chi connectivity index (χ0v) is 15.6. The number of fused-ring (bicyclic) bond motifs is 1. The Morgan fingerprint density at radius 2 is 2.00 bits per heavy atom. The Morgan fingerprint density at radius 1 is 1.22 bits per heavy atom. The largest absolute Gasteiger partial charge is 0.308 e. The smallest absolute Gasteiger partial charge is 0.228 e. The standard InChI is InChI=1S/C21H23FN4O/c1-13-3-5-16(18(22)11-13)15-4-6-19-17(12-15)20(25-24-19)23-21(27)14-7-9-26(2)10-8-14/h3-6,11-12,14H,7-10H2,1-2H3,(H2,23,24,25,27). The maximum atomic E-state index is 14.4. The van der Waals surface area contributed by atoms with Gasteiger partial charge in [-0.15, -0.1) is 0 Å². The molecule has 5 nitrogen and oxygen atoms in total. The van der Waals surface area contributed by atoms with E-state index in [2.05, 4.69) is 27.5 Å². The van der Waals surface area contributed by atoms with Crippen molar-refractivity contribution < 1.29 is 9.18 Å². The van der Waals surface area contributed by atoms with Crippen LogP contribution in [0.15, 0.2) is 36.4 Å². The van der Waals surface area contributed by atoms with Crippen LogP contribution in [0.4, 0.5) is 10.2 Å². The maximum Gasteiger partial charge on any atom is 0.228 e. The monoisotopic (exact) mass is 366 g/mol. The highest BCUT2D eigenvalue weighted by Gasteiger charge is 2.24. The van der Waals surface area contributed by atoms with E-state index >= 15 is 0 Å². The van der Waals surface area contributed by atoms with Gasteiger partial charge in [0.05, 0.1) is 5.52 Å². The molecule has 0 atom stereocenters. The van der Waals surface area contributed by atoms with E-state index in [1.807, 2.05) is 31.2 Å². The molecule has 0 unspecified atom stereocenters. The molecule has 0 saturated carbocycles. The Labute approximate surface area is 157 Å². The fourth-order valence-electron chi connectivity index (χ4n) is 3.62. The van der Waals surface area contributed by atoms with Crippen molar-refractivity contribution in [3.63, 3.8) is 0 Å². The number of likely N-dealkylation sites (tertiary alicyclic amines) is 1. The molecular formula is C21H23FN4O. The summed E-state index contributed by atoms with van der Waals surface area (Å²) < 4.78 is 14.4. The summed E-state index contributed by atoms with van der Waals surface area (Å²) in [5.74, 6) is 0.257. The van der Waals surface area contributed by atoms with Crippen molar-refractivity contribution in [3.05, 3.63) is 47.8 Å². The number of nitrogens with zero attached hydrogens (tertiary/aromatic N) is 2. The van der Waals surface area contributed by atoms with E-state index in [0.717, 1.165) is 48.0 Å². The molecule has 2 aromatic carbocycles. The molecule has 0 aliphatic carbocycles. The molecule has 4 rings (SSSR count). The van der Waals surface area contributed by atoms with Crippen molar-refractivity contribution in [2.45, 2.75) is 19.8 Å². The van der Waals surface area contributed by atoms with E-state index in [0.29, 0.717) is 11.4 Å². The summed E-state index contributed by atoms with van der Waals surface area (Å²) in [6.45, 7) is 3.72. The number of aromatic amines is 1. The van der Waals surface area contributed by atoms with E-state index in [1.54, 1.807) is 6.07 Å². The lowest BCUT2D eigenvalue weighted by Gasteiger charge is -2.27. The van der Waals surface area contributed by atoms with Crippen LogP contribution in [0.3, 0.4) is 0 Å². The highest BCUT2D eigenvalue weighted by atomic mass is 19.1. The van der Waals surface area contributed by atoms with Gasteiger partial charge in [-0.1, -0.05) is 18.2 Å². The van der Waals surface area contributed by atoms with Crippen LogP contribution < -0.4 is 5.32 Å². The fraction of sp³-hybridized carbons (Fsp3) is 0.333. The number of benzene rings is 2. The summed E-state index contributed by atoms with van der Waals surface area (Å²) in [7, 11) is 2.07. The highest BCUT2D eigenvalue weighted by molar-refractivity contribution is 6.01. The summed E-state index contributed by atoms with van der Waals surface area (Å²) in [4.78, 5) is 14.9. The first-order valence-corrected chi connectivity index (χ1v) is 9.25. The van der Waals surface area contributed by atoms with E-state index in [4.69, 9.17) is 0 Å². The SMILES string of the molecule is Cc1ccc(-c2ccc3[nH]nc(NC(=O)C4CCN(C)CC4)c3c2)c(F)c1. The second-order valence-corrected chi connectivity index (χ2v) is 7.38. The average molecular weight is 366 g/mol. The maximum absolute atomic E-state index is 14.4. The zero-order chi connectivity index (χ0) is 19.0. The van der Waals surface area contributed by atoms with Crippen molar-refractivity contribution in [2.75, 3.05) is 25.5 Å². The predicted octanol–water partition coefficient (Wildman–Crippen LogP) is 3.96. The van der Waals surface area contributed by atoms with Gasteiger partial charge in [0.1, 0.15) is 5.82 Å². The topological polar surface area (TPSA) is 61.0 Å². The third kappa shape index (κ3) is 3.57. The number of carbonyl (C=O) groups is 1. The third-order valence-electron chi connectivity index (χ3n) is 5.33. The molecule has 0 bridgehead atoms. The Balaban J connectivity index is 1.61. The molecule has 2 N–H and O–H groups in total. The van der Waals surface area contributed by atoms with E-state index in [1.165, 1.54) is 6.07 Å². The Hall–Kier alpha value is -2.73. The molecule has 0 radical (unpaired) electrons. The van der Waals surface area contributed by atoms with Crippen LogP contribution in [0, 0.1) is 18.7 Å². The first-order valence-electron chi connectivity index (χ1n) is 9.25. The molecular weight excluding hydrogens is 343 g/mol. The van der Waals surface area contributed by atoms with Gasteiger partial charge in [-0.25, -0.2) is 4.39 Å². The number of piperidine rings is 1. The van der Waals surface area contributed by atoms with Crippen LogP contribution in [0.1, 0.15) is 18.4 Å². The van der Waals surface area contributed by atoms with Gasteiger partial charge in [0, 0.05) is 16.9 Å². The van der Waals surface area contributed by atoms with Gasteiger partial charge in [0.15, 0.2) is 5.82 Å². The summed E-state index contributed by atoms with van der Waals surface area (Å²) in [5, 5.41) is 10.9. The molecule has 3 aromatic rings. The number of rotatable bonds is 3. The van der Waals surface area contributed by atoms with Crippen LogP contribution in [0.2, 0.25) is 0 Å². The lowest BCUT2D eigenvalue weighted by molar-refractivity contribution is -0.121. The number of amides is 1. The molecule has 2 heterocycles. The van der Waals surface area contributed by atoms with Crippen molar-refractivity contribution >= 4 is 22.6 Å². The number of carbonyl (C=O) groups excluding carboxylic acids is 1. The highest BCUT2D eigenvalue weighted by Crippen LogP contribution is 2.30. The normalized spacial score (nSPS) is 16.0. The summed E-state index contributed by atoms with van der Waals surface area (Å²) >= 11 is 0. The number of hydrogen-bond donors (Lipinski definition) is 2. The van der Waals surface area contributed by atoms with Gasteiger partial charge in [0.2, 0.25) is 5.91 Å². The zero-order valence-electron chi connectivity index (χ0n) is 15.6. The number of H-pyrrole nitrogens is 1. The molecule has 6 heteroatoms. The molecule has 0 spiro atoms. The van der Waals surface area contributed by atoms with Crippen LogP contribution in [0.5, 0.6) is 0 Å². The number of halogens is 1. The van der Waals surface area contributed by atoms with Gasteiger partial charge in [-0.2, -0.15) is 5.10 Å². The van der Waals surface area contributed by atoms with E-state index in [9.17, 15) is 9.18 Å². The average Bonchev–Trinajstić information content (AvgIpc) is 3.04. The second-order valence-electron chi connectivity index (χ2n) is 7.38. The fourth-order valence-corrected chi connectivity index (χ4v) is 3.62. The first kappa shape index (κ1) is 17.7. The minimum atomic E-state index is -0.255. The van der Waals surface area contributed by atoms with Gasteiger partial charge in [0.25, 0.3) is 0 Å². The second kappa shape index (κ2) is 7.12. The molecule has 140 valence electrons. The summed E-state index contributed by atoms with van der Waals surface area (Å²) in [6, 6.07) is 10.8. The predicted molar refractivity (Wildman–Crippen MR) is 105 cm³/mol. The molecule has 1 saturated heterocycles. The van der Waals surface area contributed by atoms with Gasteiger partial charge < -0.3 is 10.2 Å². The molecule has 1 aliphatic rings. The van der Waals surface area contributed by atoms with E-state index in [-0.39, 0.29) is 17.6 Å². The first-order chi connectivity index (χ1) is 13.0. The number of anilines is 1. The van der Waals surface area contributed by atoms with Crippen molar-refractivity contribution in [1.29, 1.82) is 0 Å². The quantitative estimate of drug-likeness (QED) is 0.738. The number of hydrogen-bond acceptors (Lipinski definition) is 3. The minimum Gasteiger partial charge on any atom is -0.308 e. The van der Waals surface area contributed by atoms with Gasteiger partial charge in [-0.3, -0.25) is 9.89 Å². The van der Waals surface area contributed by atoms with Crippen LogP contribution in [-0.2, 0) is 4.79 Å². The summed E-state index contributed by atoms with van der Waals surface area (Å²) in [6.07, 6.45) is 1.70.